The Morgan fingerprint density at radius 1 is 1.18 bits per heavy atom. The molecule has 1 amide bonds. The number of carboxylic acids is 1. The van der Waals surface area contributed by atoms with Gasteiger partial charge in [0.1, 0.15) is 0 Å². The van der Waals surface area contributed by atoms with E-state index in [1.165, 1.54) is 16.9 Å². The number of hydrogen-bond donors (Lipinski definition) is 2. The summed E-state index contributed by atoms with van der Waals surface area (Å²) in [6.45, 7) is 6.28. The summed E-state index contributed by atoms with van der Waals surface area (Å²) >= 11 is 1.41. The van der Waals surface area contributed by atoms with Crippen molar-refractivity contribution in [3.63, 3.8) is 0 Å². The monoisotopic (exact) mass is 400 g/mol. The fourth-order valence-electron chi connectivity index (χ4n) is 4.26. The van der Waals surface area contributed by atoms with E-state index < -0.39 is 17.8 Å². The van der Waals surface area contributed by atoms with Crippen molar-refractivity contribution >= 4 is 28.3 Å². The Balaban J connectivity index is 1.52. The Bertz CT molecular complexity index is 906. The minimum absolute atomic E-state index is 0.310. The Kier molecular flexibility index (Phi) is 4.97. The summed E-state index contributed by atoms with van der Waals surface area (Å²) < 4.78 is 5.69. The van der Waals surface area contributed by atoms with Crippen molar-refractivity contribution in [1.29, 1.82) is 0 Å². The molecular formula is C21H24N2O4S. The minimum atomic E-state index is -0.964. The van der Waals surface area contributed by atoms with Crippen LogP contribution in [-0.4, -0.2) is 34.2 Å². The number of hydrogen-bond acceptors (Lipinski definition) is 5. The van der Waals surface area contributed by atoms with E-state index in [0.717, 1.165) is 22.6 Å². The van der Waals surface area contributed by atoms with Crippen LogP contribution in [-0.2, 0) is 14.3 Å². The highest BCUT2D eigenvalue weighted by Crippen LogP contribution is 2.44. The van der Waals surface area contributed by atoms with Gasteiger partial charge in [-0.1, -0.05) is 38.1 Å². The fourth-order valence-corrected chi connectivity index (χ4v) is 5.10. The maximum Gasteiger partial charge on any atom is 0.310 e. The van der Waals surface area contributed by atoms with Crippen LogP contribution in [0.15, 0.2) is 24.3 Å². The number of carboxylic acid groups (broad SMARTS) is 1. The largest absolute Gasteiger partial charge is 0.481 e. The number of nitrogens with zero attached hydrogens (tertiary/aromatic N) is 1. The Morgan fingerprint density at radius 3 is 2.43 bits per heavy atom. The lowest BCUT2D eigenvalue weighted by Gasteiger charge is -2.23. The van der Waals surface area contributed by atoms with E-state index in [2.05, 4.69) is 36.3 Å². The molecule has 1 aromatic carbocycles. The number of thiazole rings is 1. The molecule has 4 unspecified atom stereocenters. The van der Waals surface area contributed by atoms with E-state index >= 15 is 0 Å². The first kappa shape index (κ1) is 19.1. The molecule has 0 saturated carbocycles. The number of carbonyl (C=O) groups is 2. The molecule has 0 radical (unpaired) electrons. The number of ether oxygens (including phenoxy) is 1. The van der Waals surface area contributed by atoms with Gasteiger partial charge in [0.25, 0.3) is 0 Å². The number of aliphatic carboxylic acids is 1. The second-order valence-electron chi connectivity index (χ2n) is 7.87. The highest BCUT2D eigenvalue weighted by atomic mass is 32.1. The van der Waals surface area contributed by atoms with Gasteiger partial charge in [-0.25, -0.2) is 4.98 Å². The van der Waals surface area contributed by atoms with Gasteiger partial charge in [0.15, 0.2) is 5.13 Å². The first-order valence-corrected chi connectivity index (χ1v) is 10.4. The summed E-state index contributed by atoms with van der Waals surface area (Å²) in [5.41, 5.74) is 3.11. The van der Waals surface area contributed by atoms with Crippen molar-refractivity contribution < 1.29 is 19.4 Å². The average Bonchev–Trinajstić information content (AvgIpc) is 3.35. The van der Waals surface area contributed by atoms with Crippen LogP contribution in [0.5, 0.6) is 0 Å². The van der Waals surface area contributed by atoms with Crippen molar-refractivity contribution in [3.8, 4) is 11.3 Å². The van der Waals surface area contributed by atoms with Crippen LogP contribution in [0.3, 0.4) is 0 Å². The number of aromatic nitrogens is 1. The molecule has 2 aromatic rings. The lowest BCUT2D eigenvalue weighted by Crippen LogP contribution is -2.40. The number of carbonyl (C=O) groups excluding carboxylic acids is 1. The van der Waals surface area contributed by atoms with Crippen LogP contribution in [0.4, 0.5) is 5.13 Å². The molecule has 0 spiro atoms. The third-order valence-electron chi connectivity index (χ3n) is 5.74. The Hall–Kier alpha value is -2.25. The third-order valence-corrected chi connectivity index (χ3v) is 6.62. The predicted octanol–water partition coefficient (Wildman–Crippen LogP) is 4.06. The maximum absolute atomic E-state index is 12.8. The summed E-state index contributed by atoms with van der Waals surface area (Å²) in [6, 6.07) is 8.29. The number of benzene rings is 1. The van der Waals surface area contributed by atoms with Crippen LogP contribution < -0.4 is 5.32 Å². The van der Waals surface area contributed by atoms with Crippen molar-refractivity contribution in [1.82, 2.24) is 4.98 Å². The molecule has 28 heavy (non-hydrogen) atoms. The molecule has 6 nitrogen and oxygen atoms in total. The SMILES string of the molecule is Cc1sc(NC(=O)C2C3CCC(O3)C2C(=O)O)nc1-c1ccc(C(C)C)cc1. The second-order valence-corrected chi connectivity index (χ2v) is 9.07. The van der Waals surface area contributed by atoms with E-state index in [4.69, 9.17) is 4.74 Å². The van der Waals surface area contributed by atoms with Crippen LogP contribution in [0.2, 0.25) is 0 Å². The van der Waals surface area contributed by atoms with Gasteiger partial charge in [-0.15, -0.1) is 11.3 Å². The molecular weight excluding hydrogens is 376 g/mol. The van der Waals surface area contributed by atoms with Crippen LogP contribution in [0, 0.1) is 18.8 Å². The summed E-state index contributed by atoms with van der Waals surface area (Å²) in [6.07, 6.45) is 0.774. The standard InChI is InChI=1S/C21H24N2O4S/c1-10(2)12-4-6-13(7-5-12)18-11(3)28-21(22-18)23-19(24)16-14-8-9-15(27-14)17(16)20(25)26/h4-7,10,14-17H,8-9H2,1-3H3,(H,25,26)(H,22,23,24). The molecule has 2 fully saturated rings. The number of rotatable bonds is 5. The molecule has 4 rings (SSSR count). The zero-order valence-electron chi connectivity index (χ0n) is 16.1. The van der Waals surface area contributed by atoms with Gasteiger partial charge in [-0.2, -0.15) is 0 Å². The van der Waals surface area contributed by atoms with E-state index in [1.807, 2.05) is 19.1 Å². The molecule has 148 valence electrons. The fraction of sp³-hybridized carbons (Fsp3) is 0.476. The van der Waals surface area contributed by atoms with E-state index in [9.17, 15) is 14.7 Å². The highest BCUT2D eigenvalue weighted by molar-refractivity contribution is 7.16. The molecule has 2 aliphatic rings. The third kappa shape index (κ3) is 3.33. The summed E-state index contributed by atoms with van der Waals surface area (Å²) in [7, 11) is 0. The molecule has 2 aliphatic heterocycles. The van der Waals surface area contributed by atoms with Crippen LogP contribution in [0.25, 0.3) is 11.3 Å². The lowest BCUT2D eigenvalue weighted by atomic mass is 9.79. The van der Waals surface area contributed by atoms with Gasteiger partial charge in [0, 0.05) is 10.4 Å². The zero-order chi connectivity index (χ0) is 20.0. The molecule has 7 heteroatoms. The second kappa shape index (κ2) is 7.29. The van der Waals surface area contributed by atoms with E-state index in [0.29, 0.717) is 17.5 Å². The zero-order valence-corrected chi connectivity index (χ0v) is 17.0. The number of nitrogens with one attached hydrogen (secondary N) is 1. The smallest absolute Gasteiger partial charge is 0.310 e. The van der Waals surface area contributed by atoms with Gasteiger partial charge in [-0.05, 0) is 31.2 Å². The van der Waals surface area contributed by atoms with Crippen molar-refractivity contribution in [2.45, 2.75) is 51.7 Å². The normalized spacial score (nSPS) is 26.0. The average molecular weight is 401 g/mol. The summed E-state index contributed by atoms with van der Waals surface area (Å²) in [5, 5.41) is 12.8. The number of fused-ring (bicyclic) bond motifs is 2. The number of amides is 1. The van der Waals surface area contributed by atoms with E-state index in [1.54, 1.807) is 0 Å². The molecule has 2 N–H and O–H groups in total. The minimum Gasteiger partial charge on any atom is -0.481 e. The van der Waals surface area contributed by atoms with Gasteiger partial charge in [0.05, 0.1) is 29.7 Å². The topological polar surface area (TPSA) is 88.5 Å². The van der Waals surface area contributed by atoms with Gasteiger partial charge >= 0.3 is 5.97 Å². The summed E-state index contributed by atoms with van der Waals surface area (Å²) in [5.74, 6) is -2.24. The first-order valence-electron chi connectivity index (χ1n) is 9.62. The van der Waals surface area contributed by atoms with Gasteiger partial charge in [0.2, 0.25) is 5.91 Å². The summed E-state index contributed by atoms with van der Waals surface area (Å²) in [4.78, 5) is 30.0. The number of anilines is 1. The van der Waals surface area contributed by atoms with Gasteiger partial charge in [-0.3, -0.25) is 9.59 Å². The Morgan fingerprint density at radius 2 is 1.82 bits per heavy atom. The molecule has 2 saturated heterocycles. The Labute approximate surface area is 167 Å². The van der Waals surface area contributed by atoms with Crippen molar-refractivity contribution in [3.05, 3.63) is 34.7 Å². The van der Waals surface area contributed by atoms with E-state index in [-0.39, 0.29) is 18.1 Å². The number of aryl methyl sites for hydroxylation is 1. The van der Waals surface area contributed by atoms with Crippen molar-refractivity contribution in [2.75, 3.05) is 5.32 Å². The lowest BCUT2D eigenvalue weighted by molar-refractivity contribution is -0.147. The first-order chi connectivity index (χ1) is 13.3. The maximum atomic E-state index is 12.8. The van der Waals surface area contributed by atoms with Crippen molar-refractivity contribution in [2.24, 2.45) is 11.8 Å². The van der Waals surface area contributed by atoms with Crippen LogP contribution >= 0.6 is 11.3 Å². The molecule has 4 atom stereocenters. The predicted molar refractivity (Wildman–Crippen MR) is 108 cm³/mol. The molecule has 2 bridgehead atoms. The molecule has 0 aliphatic carbocycles. The molecule has 1 aromatic heterocycles. The highest BCUT2D eigenvalue weighted by Gasteiger charge is 2.55. The van der Waals surface area contributed by atoms with Gasteiger partial charge < -0.3 is 15.2 Å². The quantitative estimate of drug-likeness (QED) is 0.790. The molecule has 3 heterocycles. The van der Waals surface area contributed by atoms with Crippen LogP contribution in [0.1, 0.15) is 43.0 Å².